The monoisotopic (exact) mass is 323 g/mol. The Morgan fingerprint density at radius 3 is 2.30 bits per heavy atom. The summed E-state index contributed by atoms with van der Waals surface area (Å²) in [4.78, 5) is 25.8. The van der Waals surface area contributed by atoms with Gasteiger partial charge in [-0.05, 0) is 38.0 Å². The highest BCUT2D eigenvalue weighted by Gasteiger charge is 2.24. The van der Waals surface area contributed by atoms with Crippen molar-refractivity contribution in [2.75, 3.05) is 19.6 Å². The summed E-state index contributed by atoms with van der Waals surface area (Å²) in [5.41, 5.74) is 0. The molecular weight excluding hydrogens is 290 g/mol. The zero-order valence-corrected chi connectivity index (χ0v) is 14.8. The fourth-order valence-electron chi connectivity index (χ4n) is 3.54. The van der Waals surface area contributed by atoms with E-state index in [-0.39, 0.29) is 17.9 Å². The molecule has 0 radical (unpaired) electrons. The Bertz CT molecular complexity index is 384. The molecule has 1 aliphatic heterocycles. The van der Waals surface area contributed by atoms with E-state index in [4.69, 9.17) is 0 Å². The van der Waals surface area contributed by atoms with Crippen LogP contribution >= 0.6 is 0 Å². The molecular formula is C18H33N3O2. The van der Waals surface area contributed by atoms with Gasteiger partial charge in [-0.2, -0.15) is 0 Å². The highest BCUT2D eigenvalue weighted by molar-refractivity contribution is 5.77. The smallest absolute Gasteiger partial charge is 0.317 e. The first-order valence-corrected chi connectivity index (χ1v) is 9.39. The van der Waals surface area contributed by atoms with E-state index in [9.17, 15) is 9.59 Å². The van der Waals surface area contributed by atoms with Crippen LogP contribution < -0.4 is 10.6 Å². The first kappa shape index (κ1) is 18.1. The Morgan fingerprint density at radius 2 is 1.70 bits per heavy atom. The number of piperidine rings is 1. The number of hydrogen-bond acceptors (Lipinski definition) is 2. The Morgan fingerprint density at radius 1 is 1.04 bits per heavy atom. The van der Waals surface area contributed by atoms with Gasteiger partial charge in [0.1, 0.15) is 0 Å². The molecule has 132 valence electrons. The Kier molecular flexibility index (Phi) is 7.18. The molecule has 2 rings (SSSR count). The second-order valence-electron chi connectivity index (χ2n) is 7.45. The number of amides is 3. The van der Waals surface area contributed by atoms with Crippen molar-refractivity contribution in [3.63, 3.8) is 0 Å². The topological polar surface area (TPSA) is 61.4 Å². The Labute approximate surface area is 140 Å². The van der Waals surface area contributed by atoms with E-state index in [0.29, 0.717) is 12.0 Å². The van der Waals surface area contributed by atoms with Crippen LogP contribution in [0, 0.1) is 11.8 Å². The first-order chi connectivity index (χ1) is 11.1. The molecule has 0 unspecified atom stereocenters. The average molecular weight is 323 g/mol. The Balaban J connectivity index is 1.61. The number of likely N-dealkylation sites (tertiary alicyclic amines) is 1. The van der Waals surface area contributed by atoms with Crippen LogP contribution in [0.15, 0.2) is 0 Å². The largest absolute Gasteiger partial charge is 0.356 e. The summed E-state index contributed by atoms with van der Waals surface area (Å²) in [5, 5.41) is 6.19. The number of rotatable bonds is 5. The molecule has 3 amide bonds. The SMILES string of the molecule is CC(C)C(=O)NCCC1CCN(C(=O)NC2CCCCC2)CC1. The molecule has 0 spiro atoms. The molecule has 1 saturated heterocycles. The summed E-state index contributed by atoms with van der Waals surface area (Å²) in [6.07, 6.45) is 9.20. The van der Waals surface area contributed by atoms with Gasteiger partial charge in [0.05, 0.1) is 0 Å². The fourth-order valence-corrected chi connectivity index (χ4v) is 3.54. The van der Waals surface area contributed by atoms with Crippen LogP contribution in [0.1, 0.15) is 65.2 Å². The quantitative estimate of drug-likeness (QED) is 0.817. The fraction of sp³-hybridized carbons (Fsp3) is 0.889. The summed E-state index contributed by atoms with van der Waals surface area (Å²) in [6, 6.07) is 0.517. The molecule has 1 aliphatic carbocycles. The third kappa shape index (κ3) is 6.04. The van der Waals surface area contributed by atoms with Crippen LogP contribution in [-0.4, -0.2) is 42.5 Å². The number of nitrogens with one attached hydrogen (secondary N) is 2. The maximum absolute atomic E-state index is 12.3. The van der Waals surface area contributed by atoms with E-state index in [1.807, 2.05) is 18.7 Å². The minimum Gasteiger partial charge on any atom is -0.356 e. The van der Waals surface area contributed by atoms with E-state index in [0.717, 1.165) is 51.7 Å². The number of urea groups is 1. The lowest BCUT2D eigenvalue weighted by molar-refractivity contribution is -0.124. The summed E-state index contributed by atoms with van der Waals surface area (Å²) in [7, 11) is 0. The number of carbonyl (C=O) groups is 2. The molecule has 0 aromatic carbocycles. The van der Waals surface area contributed by atoms with Crippen molar-refractivity contribution in [1.29, 1.82) is 0 Å². The van der Waals surface area contributed by atoms with Gasteiger partial charge in [-0.25, -0.2) is 4.79 Å². The van der Waals surface area contributed by atoms with Crippen LogP contribution in [-0.2, 0) is 4.79 Å². The number of nitrogens with zero attached hydrogens (tertiary/aromatic N) is 1. The van der Waals surface area contributed by atoms with Crippen molar-refractivity contribution < 1.29 is 9.59 Å². The molecule has 0 bridgehead atoms. The van der Waals surface area contributed by atoms with Crippen molar-refractivity contribution in [1.82, 2.24) is 15.5 Å². The van der Waals surface area contributed by atoms with Gasteiger partial charge in [0.2, 0.25) is 5.91 Å². The highest BCUT2D eigenvalue weighted by Crippen LogP contribution is 2.21. The Hall–Kier alpha value is -1.26. The third-order valence-electron chi connectivity index (χ3n) is 5.21. The lowest BCUT2D eigenvalue weighted by Crippen LogP contribution is -2.48. The van der Waals surface area contributed by atoms with Gasteiger partial charge in [-0.1, -0.05) is 33.1 Å². The van der Waals surface area contributed by atoms with Crippen molar-refractivity contribution >= 4 is 11.9 Å². The lowest BCUT2D eigenvalue weighted by atomic mass is 9.93. The molecule has 2 N–H and O–H groups in total. The summed E-state index contributed by atoms with van der Waals surface area (Å²) >= 11 is 0. The number of carbonyl (C=O) groups excluding carboxylic acids is 2. The molecule has 2 aliphatic rings. The minimum absolute atomic E-state index is 0.0559. The average Bonchev–Trinajstić information content (AvgIpc) is 2.56. The molecule has 23 heavy (non-hydrogen) atoms. The highest BCUT2D eigenvalue weighted by atomic mass is 16.2. The van der Waals surface area contributed by atoms with Crippen molar-refractivity contribution in [3.8, 4) is 0 Å². The first-order valence-electron chi connectivity index (χ1n) is 9.39. The van der Waals surface area contributed by atoms with Gasteiger partial charge < -0.3 is 15.5 Å². The van der Waals surface area contributed by atoms with Crippen molar-refractivity contribution in [3.05, 3.63) is 0 Å². The normalized spacial score (nSPS) is 20.6. The van der Waals surface area contributed by atoms with E-state index in [1.54, 1.807) is 0 Å². The predicted octanol–water partition coefficient (Wildman–Crippen LogP) is 2.90. The van der Waals surface area contributed by atoms with Gasteiger partial charge in [-0.3, -0.25) is 4.79 Å². The van der Waals surface area contributed by atoms with Crippen LogP contribution in [0.5, 0.6) is 0 Å². The molecule has 1 heterocycles. The molecule has 0 aromatic heterocycles. The molecule has 2 fully saturated rings. The molecule has 5 nitrogen and oxygen atoms in total. The van der Waals surface area contributed by atoms with Crippen molar-refractivity contribution in [2.45, 2.75) is 71.3 Å². The van der Waals surface area contributed by atoms with Crippen LogP contribution in [0.2, 0.25) is 0 Å². The van der Waals surface area contributed by atoms with Gasteiger partial charge in [0.25, 0.3) is 0 Å². The van der Waals surface area contributed by atoms with Crippen molar-refractivity contribution in [2.24, 2.45) is 11.8 Å². The van der Waals surface area contributed by atoms with Crippen LogP contribution in [0.3, 0.4) is 0 Å². The van der Waals surface area contributed by atoms with E-state index < -0.39 is 0 Å². The predicted molar refractivity (Wildman–Crippen MR) is 92.2 cm³/mol. The molecule has 0 atom stereocenters. The molecule has 5 heteroatoms. The minimum atomic E-state index is 0.0559. The molecule has 0 aromatic rings. The summed E-state index contributed by atoms with van der Waals surface area (Å²) in [6.45, 7) is 6.29. The zero-order chi connectivity index (χ0) is 16.7. The lowest BCUT2D eigenvalue weighted by Gasteiger charge is -2.34. The third-order valence-corrected chi connectivity index (χ3v) is 5.21. The second kappa shape index (κ2) is 9.14. The van der Waals surface area contributed by atoms with Gasteiger partial charge in [0, 0.05) is 31.6 Å². The van der Waals surface area contributed by atoms with Crippen LogP contribution in [0.4, 0.5) is 4.79 Å². The van der Waals surface area contributed by atoms with Gasteiger partial charge in [-0.15, -0.1) is 0 Å². The van der Waals surface area contributed by atoms with Crippen LogP contribution in [0.25, 0.3) is 0 Å². The molecule has 1 saturated carbocycles. The second-order valence-corrected chi connectivity index (χ2v) is 7.45. The zero-order valence-electron chi connectivity index (χ0n) is 14.8. The van der Waals surface area contributed by atoms with E-state index >= 15 is 0 Å². The summed E-state index contributed by atoms with van der Waals surface area (Å²) in [5.74, 6) is 0.816. The maximum atomic E-state index is 12.3. The van der Waals surface area contributed by atoms with E-state index in [2.05, 4.69) is 10.6 Å². The van der Waals surface area contributed by atoms with E-state index in [1.165, 1.54) is 19.3 Å². The maximum Gasteiger partial charge on any atom is 0.317 e. The number of hydrogen-bond donors (Lipinski definition) is 2. The summed E-state index contributed by atoms with van der Waals surface area (Å²) < 4.78 is 0. The standard InChI is InChI=1S/C18H33N3O2/c1-14(2)17(22)19-11-8-15-9-12-21(13-10-15)18(23)20-16-6-4-3-5-7-16/h14-16H,3-13H2,1-2H3,(H,19,22)(H,20,23). The van der Waals surface area contributed by atoms with Gasteiger partial charge in [0.15, 0.2) is 0 Å². The van der Waals surface area contributed by atoms with Gasteiger partial charge >= 0.3 is 6.03 Å².